The summed E-state index contributed by atoms with van der Waals surface area (Å²) in [5, 5.41) is 3.02. The van der Waals surface area contributed by atoms with E-state index >= 15 is 0 Å². The molecule has 134 valence electrons. The number of anilines is 1. The van der Waals surface area contributed by atoms with Gasteiger partial charge in [0.05, 0.1) is 5.69 Å². The Balaban J connectivity index is 1.91. The van der Waals surface area contributed by atoms with Crippen LogP contribution < -0.4 is 10.1 Å². The summed E-state index contributed by atoms with van der Waals surface area (Å²) in [7, 11) is 0. The molecular formula is C19H31N3O2. The second-order valence-electron chi connectivity index (χ2n) is 6.20. The second-order valence-corrected chi connectivity index (χ2v) is 6.20. The van der Waals surface area contributed by atoms with Crippen molar-refractivity contribution >= 4 is 11.7 Å². The SMILES string of the molecule is CCN(CC)CCOc1ccccc1NC(=O)N1CCCCCC1. The third kappa shape index (κ3) is 5.71. The first kappa shape index (κ1) is 18.6. The van der Waals surface area contributed by atoms with Crippen LogP contribution in [0.15, 0.2) is 24.3 Å². The van der Waals surface area contributed by atoms with E-state index in [1.165, 1.54) is 12.8 Å². The Bertz CT molecular complexity index is 495. The molecule has 5 nitrogen and oxygen atoms in total. The van der Waals surface area contributed by atoms with Gasteiger partial charge in [0.1, 0.15) is 12.4 Å². The smallest absolute Gasteiger partial charge is 0.321 e. The van der Waals surface area contributed by atoms with E-state index in [1.807, 2.05) is 29.2 Å². The third-order valence-electron chi connectivity index (χ3n) is 4.58. The van der Waals surface area contributed by atoms with Gasteiger partial charge in [0, 0.05) is 19.6 Å². The Labute approximate surface area is 146 Å². The van der Waals surface area contributed by atoms with Crippen molar-refractivity contribution in [2.45, 2.75) is 39.5 Å². The van der Waals surface area contributed by atoms with Gasteiger partial charge >= 0.3 is 6.03 Å². The van der Waals surface area contributed by atoms with Crippen molar-refractivity contribution in [3.63, 3.8) is 0 Å². The highest BCUT2D eigenvalue weighted by Gasteiger charge is 2.16. The summed E-state index contributed by atoms with van der Waals surface area (Å²) < 4.78 is 5.91. The van der Waals surface area contributed by atoms with Gasteiger partial charge in [0.25, 0.3) is 0 Å². The lowest BCUT2D eigenvalue weighted by molar-refractivity contribution is 0.212. The Morgan fingerprint density at radius 1 is 1.12 bits per heavy atom. The first-order valence-corrected chi connectivity index (χ1v) is 9.24. The highest BCUT2D eigenvalue weighted by Crippen LogP contribution is 2.24. The minimum Gasteiger partial charge on any atom is -0.490 e. The Kier molecular flexibility index (Phi) is 7.89. The van der Waals surface area contributed by atoms with Crippen molar-refractivity contribution in [1.82, 2.24) is 9.80 Å². The number of urea groups is 1. The molecule has 0 aromatic heterocycles. The molecule has 24 heavy (non-hydrogen) atoms. The summed E-state index contributed by atoms with van der Waals surface area (Å²) in [5.74, 6) is 0.743. The number of hydrogen-bond donors (Lipinski definition) is 1. The van der Waals surface area contributed by atoms with E-state index in [-0.39, 0.29) is 6.03 Å². The average molecular weight is 333 g/mol. The summed E-state index contributed by atoms with van der Waals surface area (Å²) >= 11 is 0. The molecular weight excluding hydrogens is 302 g/mol. The van der Waals surface area contributed by atoms with Crippen LogP contribution in [-0.2, 0) is 0 Å². The van der Waals surface area contributed by atoms with Crippen LogP contribution >= 0.6 is 0 Å². The van der Waals surface area contributed by atoms with Crippen molar-refractivity contribution in [2.75, 3.05) is 44.6 Å². The lowest BCUT2D eigenvalue weighted by Crippen LogP contribution is -2.35. The van der Waals surface area contributed by atoms with E-state index < -0.39 is 0 Å². The van der Waals surface area contributed by atoms with Crippen LogP contribution in [0.2, 0.25) is 0 Å². The minimum atomic E-state index is -0.0170. The average Bonchev–Trinajstić information content (AvgIpc) is 2.89. The Morgan fingerprint density at radius 3 is 2.46 bits per heavy atom. The molecule has 1 aromatic carbocycles. The number of nitrogens with zero attached hydrogens (tertiary/aromatic N) is 2. The number of benzene rings is 1. The second kappa shape index (κ2) is 10.2. The van der Waals surface area contributed by atoms with E-state index in [0.717, 1.165) is 57.0 Å². The number of para-hydroxylation sites is 2. The fraction of sp³-hybridized carbons (Fsp3) is 0.632. The molecule has 0 saturated carbocycles. The van der Waals surface area contributed by atoms with Crippen LogP contribution in [0.4, 0.5) is 10.5 Å². The van der Waals surface area contributed by atoms with Crippen LogP contribution in [-0.4, -0.2) is 55.2 Å². The molecule has 5 heteroatoms. The van der Waals surface area contributed by atoms with Gasteiger partial charge < -0.3 is 19.9 Å². The molecule has 0 atom stereocenters. The molecule has 1 aromatic rings. The molecule has 1 fully saturated rings. The van der Waals surface area contributed by atoms with E-state index in [9.17, 15) is 4.79 Å². The topological polar surface area (TPSA) is 44.8 Å². The number of likely N-dealkylation sites (N-methyl/N-ethyl adjacent to an activating group) is 1. The van der Waals surface area contributed by atoms with Crippen molar-refractivity contribution < 1.29 is 9.53 Å². The van der Waals surface area contributed by atoms with Gasteiger partial charge in [-0.3, -0.25) is 0 Å². The standard InChI is InChI=1S/C19H31N3O2/c1-3-21(4-2)15-16-24-18-12-8-7-11-17(18)20-19(23)22-13-9-5-6-10-14-22/h7-8,11-12H,3-6,9-10,13-16H2,1-2H3,(H,20,23). The van der Waals surface area contributed by atoms with E-state index in [2.05, 4.69) is 24.1 Å². The van der Waals surface area contributed by atoms with Crippen molar-refractivity contribution in [2.24, 2.45) is 0 Å². The maximum absolute atomic E-state index is 12.5. The summed E-state index contributed by atoms with van der Waals surface area (Å²) in [6, 6.07) is 7.67. The molecule has 0 aliphatic carbocycles. The summed E-state index contributed by atoms with van der Waals surface area (Å²) in [4.78, 5) is 16.7. The zero-order valence-corrected chi connectivity index (χ0v) is 15.1. The molecule has 1 aliphatic rings. The lowest BCUT2D eigenvalue weighted by Gasteiger charge is -2.22. The quantitative estimate of drug-likeness (QED) is 0.825. The number of likely N-dealkylation sites (tertiary alicyclic amines) is 1. The molecule has 0 bridgehead atoms. The van der Waals surface area contributed by atoms with Gasteiger partial charge in [-0.15, -0.1) is 0 Å². The first-order valence-electron chi connectivity index (χ1n) is 9.24. The van der Waals surface area contributed by atoms with Crippen LogP contribution in [0.25, 0.3) is 0 Å². The Morgan fingerprint density at radius 2 is 1.79 bits per heavy atom. The molecule has 1 saturated heterocycles. The van der Waals surface area contributed by atoms with Gasteiger partial charge in [-0.25, -0.2) is 4.79 Å². The normalized spacial score (nSPS) is 15.2. The Hall–Kier alpha value is -1.75. The van der Waals surface area contributed by atoms with Crippen LogP contribution in [0.3, 0.4) is 0 Å². The summed E-state index contributed by atoms with van der Waals surface area (Å²) in [5.41, 5.74) is 0.756. The van der Waals surface area contributed by atoms with Gasteiger partial charge in [0.2, 0.25) is 0 Å². The first-order chi connectivity index (χ1) is 11.7. The minimum absolute atomic E-state index is 0.0170. The van der Waals surface area contributed by atoms with Crippen LogP contribution in [0.1, 0.15) is 39.5 Å². The molecule has 0 radical (unpaired) electrons. The number of carbonyl (C=O) groups excluding carboxylic acids is 1. The highest BCUT2D eigenvalue weighted by molar-refractivity contribution is 5.91. The number of rotatable bonds is 7. The highest BCUT2D eigenvalue weighted by atomic mass is 16.5. The third-order valence-corrected chi connectivity index (χ3v) is 4.58. The number of ether oxygens (including phenoxy) is 1. The lowest BCUT2D eigenvalue weighted by atomic mass is 10.2. The molecule has 0 spiro atoms. The van der Waals surface area contributed by atoms with Gasteiger partial charge in [-0.1, -0.05) is 38.8 Å². The summed E-state index contributed by atoms with van der Waals surface area (Å²) in [6.45, 7) is 9.55. The van der Waals surface area contributed by atoms with Gasteiger partial charge in [0.15, 0.2) is 0 Å². The maximum Gasteiger partial charge on any atom is 0.321 e. The molecule has 2 amide bonds. The predicted octanol–water partition coefficient (Wildman–Crippen LogP) is 3.82. The zero-order valence-electron chi connectivity index (χ0n) is 15.1. The van der Waals surface area contributed by atoms with Gasteiger partial charge in [-0.05, 0) is 38.1 Å². The molecule has 0 unspecified atom stereocenters. The van der Waals surface area contributed by atoms with E-state index in [4.69, 9.17) is 4.74 Å². The van der Waals surface area contributed by atoms with Crippen LogP contribution in [0.5, 0.6) is 5.75 Å². The van der Waals surface area contributed by atoms with Crippen molar-refractivity contribution in [3.05, 3.63) is 24.3 Å². The van der Waals surface area contributed by atoms with Crippen molar-refractivity contribution in [1.29, 1.82) is 0 Å². The van der Waals surface area contributed by atoms with E-state index in [1.54, 1.807) is 0 Å². The van der Waals surface area contributed by atoms with Crippen molar-refractivity contribution in [3.8, 4) is 5.75 Å². The largest absolute Gasteiger partial charge is 0.490 e. The van der Waals surface area contributed by atoms with E-state index in [0.29, 0.717) is 6.61 Å². The summed E-state index contributed by atoms with van der Waals surface area (Å²) in [6.07, 6.45) is 4.62. The number of hydrogen-bond acceptors (Lipinski definition) is 3. The van der Waals surface area contributed by atoms with Crippen LogP contribution in [0, 0.1) is 0 Å². The number of amides is 2. The maximum atomic E-state index is 12.5. The van der Waals surface area contributed by atoms with Gasteiger partial charge in [-0.2, -0.15) is 0 Å². The molecule has 1 aliphatic heterocycles. The fourth-order valence-corrected chi connectivity index (χ4v) is 2.99. The molecule has 1 N–H and O–H groups in total. The zero-order chi connectivity index (χ0) is 17.2. The predicted molar refractivity (Wildman–Crippen MR) is 98.8 cm³/mol. The monoisotopic (exact) mass is 333 g/mol. The fourth-order valence-electron chi connectivity index (χ4n) is 2.99. The molecule has 1 heterocycles. The molecule has 2 rings (SSSR count). The number of carbonyl (C=O) groups is 1. The number of nitrogens with one attached hydrogen (secondary N) is 1.